The summed E-state index contributed by atoms with van der Waals surface area (Å²) in [5, 5.41) is 27.7. The normalized spacial score (nSPS) is 33.0. The molecule has 0 N–H and O–H groups in total. The van der Waals surface area contributed by atoms with E-state index >= 15 is 0 Å². The number of hydrogen-bond donors (Lipinski definition) is 0. The molecule has 2 heterocycles. The van der Waals surface area contributed by atoms with Crippen molar-refractivity contribution < 1.29 is 0 Å². The highest BCUT2D eigenvalue weighted by atomic mass is 16.5. The number of rotatable bonds is 1. The van der Waals surface area contributed by atoms with Crippen LogP contribution in [-0.4, -0.2) is 32.3 Å². The topological polar surface area (TPSA) is 52.6 Å². The van der Waals surface area contributed by atoms with Crippen LogP contribution in [0, 0.1) is 22.3 Å². The minimum absolute atomic E-state index is 0.324. The summed E-state index contributed by atoms with van der Waals surface area (Å²) < 4.78 is 0. The van der Waals surface area contributed by atoms with E-state index in [4.69, 9.17) is 0 Å². The van der Waals surface area contributed by atoms with Crippen molar-refractivity contribution in [3.8, 4) is 0 Å². The predicted octanol–water partition coefficient (Wildman–Crippen LogP) is 4.52. The maximum atomic E-state index is 12.6. The highest BCUT2D eigenvalue weighted by Crippen LogP contribution is 2.50. The zero-order valence-electron chi connectivity index (χ0n) is 15.7. The second-order valence-electron chi connectivity index (χ2n) is 10.2. The quantitative estimate of drug-likeness (QED) is 0.714. The zero-order chi connectivity index (χ0) is 17.1. The van der Waals surface area contributed by atoms with Crippen LogP contribution in [0.4, 0.5) is 0 Å². The van der Waals surface area contributed by atoms with Crippen LogP contribution < -0.4 is 0 Å². The van der Waals surface area contributed by atoms with Crippen LogP contribution in [-0.2, 0) is 0 Å². The molecule has 0 aromatic carbocycles. The summed E-state index contributed by atoms with van der Waals surface area (Å²) in [4.78, 5) is 0. The maximum absolute atomic E-state index is 12.6. The molecular formula is C18H34N2O2-2. The molecule has 0 spiro atoms. The van der Waals surface area contributed by atoms with Gasteiger partial charge in [0.15, 0.2) is 0 Å². The highest BCUT2D eigenvalue weighted by Gasteiger charge is 2.47. The Bertz CT molecular complexity index is 353. The lowest BCUT2D eigenvalue weighted by molar-refractivity contribution is -0.0737. The van der Waals surface area contributed by atoms with E-state index in [2.05, 4.69) is 55.4 Å². The molecule has 0 aromatic heterocycles. The van der Waals surface area contributed by atoms with Crippen molar-refractivity contribution in [3.05, 3.63) is 10.4 Å². The summed E-state index contributed by atoms with van der Waals surface area (Å²) in [6.07, 6.45) is 3.70. The Morgan fingerprint density at radius 3 is 0.909 bits per heavy atom. The van der Waals surface area contributed by atoms with Gasteiger partial charge in [0.1, 0.15) is 0 Å². The average Bonchev–Trinajstić information content (AvgIpc) is 2.31. The van der Waals surface area contributed by atoms with Crippen LogP contribution in [0.5, 0.6) is 0 Å². The number of nitrogens with zero attached hydrogens (tertiary/aromatic N) is 2. The number of piperidine rings is 2. The van der Waals surface area contributed by atoms with E-state index < -0.39 is 0 Å². The summed E-state index contributed by atoms with van der Waals surface area (Å²) in [7, 11) is 0. The summed E-state index contributed by atoms with van der Waals surface area (Å²) in [5.41, 5.74) is -1.30. The van der Waals surface area contributed by atoms with E-state index in [0.717, 1.165) is 25.7 Å². The molecule has 2 rings (SSSR count). The van der Waals surface area contributed by atoms with Gasteiger partial charge in [0.05, 0.1) is 0 Å². The lowest BCUT2D eigenvalue weighted by atomic mass is 9.63. The fourth-order valence-corrected chi connectivity index (χ4v) is 5.35. The third kappa shape index (κ3) is 3.08. The molecule has 2 saturated heterocycles. The number of hydroxylamine groups is 4. The standard InChI is InChI=1S/C18H34N2O2/c1-15(2)9-13(10-16(3,4)19(15)21)14-11-17(5,6)20(22)18(7,8)12-14/h13-14H,9-12H2,1-8H3/q-2. The summed E-state index contributed by atoms with van der Waals surface area (Å²) in [6.45, 7) is 16.5. The Balaban J connectivity index is 2.25. The summed E-state index contributed by atoms with van der Waals surface area (Å²) >= 11 is 0. The van der Waals surface area contributed by atoms with Crippen molar-refractivity contribution in [3.63, 3.8) is 0 Å². The molecule has 0 amide bonds. The molecule has 0 radical (unpaired) electrons. The molecule has 0 atom stereocenters. The van der Waals surface area contributed by atoms with Crippen LogP contribution in [0.25, 0.3) is 0 Å². The van der Waals surface area contributed by atoms with E-state index in [9.17, 15) is 10.4 Å². The van der Waals surface area contributed by atoms with Gasteiger partial charge < -0.3 is 20.5 Å². The molecule has 2 aliphatic rings. The van der Waals surface area contributed by atoms with Gasteiger partial charge in [-0.3, -0.25) is 0 Å². The van der Waals surface area contributed by atoms with Gasteiger partial charge in [0.2, 0.25) is 0 Å². The van der Waals surface area contributed by atoms with Gasteiger partial charge in [0.25, 0.3) is 0 Å². The molecule has 4 nitrogen and oxygen atoms in total. The molecule has 0 aromatic rings. The fourth-order valence-electron chi connectivity index (χ4n) is 5.35. The van der Waals surface area contributed by atoms with Gasteiger partial charge in [0, 0.05) is 22.2 Å². The molecule has 2 aliphatic heterocycles. The van der Waals surface area contributed by atoms with E-state index in [1.807, 2.05) is 0 Å². The second kappa shape index (κ2) is 5.17. The predicted molar refractivity (Wildman–Crippen MR) is 92.2 cm³/mol. The minimum Gasteiger partial charge on any atom is -0.784 e. The SMILES string of the molecule is CC1(C)CC(C2CC(C)(C)N([O-])C(C)(C)C2)CC(C)(C)N1[O-]. The largest absolute Gasteiger partial charge is 0.784 e. The minimum atomic E-state index is -0.324. The molecule has 22 heavy (non-hydrogen) atoms. The first-order valence-corrected chi connectivity index (χ1v) is 8.64. The number of hydrogen-bond acceptors (Lipinski definition) is 4. The van der Waals surface area contributed by atoms with Gasteiger partial charge in [-0.05, 0) is 92.9 Å². The van der Waals surface area contributed by atoms with Crippen LogP contribution in [0.1, 0.15) is 81.1 Å². The van der Waals surface area contributed by atoms with Crippen molar-refractivity contribution in [2.75, 3.05) is 0 Å². The molecule has 0 aliphatic carbocycles. The van der Waals surface area contributed by atoms with E-state index in [1.54, 1.807) is 0 Å². The molecule has 0 bridgehead atoms. The molecule has 130 valence electrons. The van der Waals surface area contributed by atoms with Gasteiger partial charge in [-0.25, -0.2) is 0 Å². The first kappa shape index (κ1) is 18.2. The Kier molecular flexibility index (Phi) is 4.27. The second-order valence-corrected chi connectivity index (χ2v) is 10.2. The van der Waals surface area contributed by atoms with Crippen LogP contribution in [0.15, 0.2) is 0 Å². The lowest BCUT2D eigenvalue weighted by Crippen LogP contribution is -2.62. The Hall–Kier alpha value is -0.160. The molecule has 2 fully saturated rings. The molecule has 0 unspecified atom stereocenters. The van der Waals surface area contributed by atoms with E-state index in [-0.39, 0.29) is 22.2 Å². The van der Waals surface area contributed by atoms with E-state index in [1.165, 1.54) is 10.1 Å². The average molecular weight is 310 g/mol. The van der Waals surface area contributed by atoms with E-state index in [0.29, 0.717) is 11.8 Å². The zero-order valence-corrected chi connectivity index (χ0v) is 15.7. The van der Waals surface area contributed by atoms with Gasteiger partial charge in [-0.2, -0.15) is 0 Å². The summed E-state index contributed by atoms with van der Waals surface area (Å²) in [6, 6.07) is 0. The monoisotopic (exact) mass is 310 g/mol. The maximum Gasteiger partial charge on any atom is 0.00396 e. The van der Waals surface area contributed by atoms with Crippen LogP contribution in [0.2, 0.25) is 0 Å². The van der Waals surface area contributed by atoms with Gasteiger partial charge in [-0.1, -0.05) is 0 Å². The Morgan fingerprint density at radius 1 is 0.545 bits per heavy atom. The first-order valence-electron chi connectivity index (χ1n) is 8.64. The van der Waals surface area contributed by atoms with Crippen molar-refractivity contribution in [1.29, 1.82) is 0 Å². The third-order valence-electron chi connectivity index (χ3n) is 5.91. The first-order chi connectivity index (χ1) is 9.69. The van der Waals surface area contributed by atoms with Gasteiger partial charge >= 0.3 is 0 Å². The van der Waals surface area contributed by atoms with Crippen LogP contribution >= 0.6 is 0 Å². The van der Waals surface area contributed by atoms with Gasteiger partial charge in [-0.15, -0.1) is 0 Å². The third-order valence-corrected chi connectivity index (χ3v) is 5.91. The summed E-state index contributed by atoms with van der Waals surface area (Å²) in [5.74, 6) is 1.03. The van der Waals surface area contributed by atoms with Crippen molar-refractivity contribution in [2.45, 2.75) is 103 Å². The molecule has 4 heteroatoms. The fraction of sp³-hybridized carbons (Fsp3) is 1.00. The highest BCUT2D eigenvalue weighted by molar-refractivity contribution is 5.06. The smallest absolute Gasteiger partial charge is 0.00396 e. The van der Waals surface area contributed by atoms with Crippen molar-refractivity contribution in [1.82, 2.24) is 10.1 Å². The Labute approximate surface area is 136 Å². The molecule has 0 saturated carbocycles. The van der Waals surface area contributed by atoms with Crippen LogP contribution in [0.3, 0.4) is 0 Å². The van der Waals surface area contributed by atoms with Crippen molar-refractivity contribution in [2.24, 2.45) is 11.8 Å². The lowest BCUT2D eigenvalue weighted by Gasteiger charge is -2.65. The Morgan fingerprint density at radius 2 is 0.727 bits per heavy atom. The van der Waals surface area contributed by atoms with Crippen molar-refractivity contribution >= 4 is 0 Å². The molecular weight excluding hydrogens is 276 g/mol.